The molecule has 8 nitrogen and oxygen atoms in total. The van der Waals surface area contributed by atoms with Crippen LogP contribution >= 0.6 is 12.0 Å². The van der Waals surface area contributed by atoms with E-state index in [0.29, 0.717) is 12.0 Å². The third-order valence-corrected chi connectivity index (χ3v) is 2.28. The van der Waals surface area contributed by atoms with Crippen molar-refractivity contribution in [2.45, 2.75) is 6.10 Å². The van der Waals surface area contributed by atoms with Gasteiger partial charge in [0.2, 0.25) is 0 Å². The fraction of sp³-hybridized carbons (Fsp3) is 0.750. The van der Waals surface area contributed by atoms with Gasteiger partial charge in [-0.2, -0.15) is 7.84 Å². The van der Waals surface area contributed by atoms with Gasteiger partial charge in [-0.3, -0.25) is 4.79 Å². The van der Waals surface area contributed by atoms with E-state index in [-0.39, 0.29) is 54.2 Å². The number of hydrogen-bond donors (Lipinski definition) is 2. The molecular weight excluding hydrogens is 263 g/mol. The van der Waals surface area contributed by atoms with Crippen LogP contribution in [0.3, 0.4) is 0 Å². The maximum Gasteiger partial charge on any atom is 1.00 e. The molecule has 0 aliphatic heterocycles. The molecule has 6 N–H and O–H groups in total. The Morgan fingerprint density at radius 2 is 2.07 bits per heavy atom. The molecule has 11 heteroatoms. The molecule has 0 aromatic carbocycles. The second-order valence-corrected chi connectivity index (χ2v) is 3.30. The van der Waals surface area contributed by atoms with E-state index in [2.05, 4.69) is 7.81 Å². The summed E-state index contributed by atoms with van der Waals surface area (Å²) in [6, 6.07) is 0. The number of carbonyl (C=O) groups is 1. The van der Waals surface area contributed by atoms with Crippen molar-refractivity contribution in [3.05, 3.63) is 0 Å². The van der Waals surface area contributed by atoms with Gasteiger partial charge < -0.3 is 26.8 Å². The Labute approximate surface area is 117 Å². The van der Waals surface area contributed by atoms with E-state index < -0.39 is 24.1 Å². The van der Waals surface area contributed by atoms with Crippen LogP contribution in [0.15, 0.2) is 0 Å². The van der Waals surface area contributed by atoms with Crippen LogP contribution in [0.25, 0.3) is 0 Å². The molecule has 0 heterocycles. The molecule has 0 rings (SSSR count). The molecule has 0 bridgehead atoms. The number of hydrogen-bond acceptors (Lipinski definition) is 7. The molecule has 0 saturated heterocycles. The number of aliphatic hydroxyl groups excluding tert-OH is 2. The molecule has 0 saturated carbocycles. The van der Waals surface area contributed by atoms with E-state index in [4.69, 9.17) is 10.2 Å². The second-order valence-electron chi connectivity index (χ2n) is 1.59. The van der Waals surface area contributed by atoms with Crippen LogP contribution in [0.5, 0.6) is 0 Å². The summed E-state index contributed by atoms with van der Waals surface area (Å²) >= 11 is -1.50. The van der Waals surface area contributed by atoms with Gasteiger partial charge in [0.25, 0.3) is 0 Å². The van der Waals surface area contributed by atoms with Crippen molar-refractivity contribution >= 4 is 29.9 Å². The van der Waals surface area contributed by atoms with Gasteiger partial charge in [0.15, 0.2) is 0 Å². The Hall–Kier alpha value is 0.770. The Balaban J connectivity index is -0.000000101. The van der Waals surface area contributed by atoms with Crippen LogP contribution in [0.4, 0.5) is 0 Å². The van der Waals surface area contributed by atoms with Gasteiger partial charge in [0.1, 0.15) is 0 Å². The van der Waals surface area contributed by atoms with Crippen molar-refractivity contribution in [2.24, 2.45) is 0 Å². The molecule has 15 heavy (non-hydrogen) atoms. The number of aliphatic hydroxyl groups is 2. The molecule has 0 fully saturated rings. The summed E-state index contributed by atoms with van der Waals surface area (Å²) in [5, 5.41) is 17.1. The molecule has 0 amide bonds. The molecule has 0 radical (unpaired) electrons. The fourth-order valence-electron chi connectivity index (χ4n) is 0.246. The molecule has 0 aromatic heterocycles. The van der Waals surface area contributed by atoms with Gasteiger partial charge >= 0.3 is 47.4 Å². The predicted octanol–water partition coefficient (Wildman–Crippen LogP) is -5.78. The SMILES string of the molecule is O.O.O=COS(=O)OSCC(O)CO.[H-].[Na+]. The van der Waals surface area contributed by atoms with Gasteiger partial charge in [-0.25, -0.2) is 0 Å². The van der Waals surface area contributed by atoms with E-state index in [1.165, 1.54) is 0 Å². The molecule has 2 atom stereocenters. The molecule has 0 aromatic rings. The normalized spacial score (nSPS) is 12.1. The summed E-state index contributed by atoms with van der Waals surface area (Å²) in [4.78, 5) is 9.57. The third-order valence-electron chi connectivity index (χ3n) is 0.693. The van der Waals surface area contributed by atoms with Gasteiger partial charge in [-0.1, -0.05) is 0 Å². The molecular formula is C4H13NaO8S2. The number of carbonyl (C=O) groups excluding carboxylic acids is 1. The molecule has 90 valence electrons. The fourth-order valence-corrected chi connectivity index (χ4v) is 1.24. The topological polar surface area (TPSA) is 156 Å². The average Bonchev–Trinajstić information content (AvgIpc) is 2.04. The largest absolute Gasteiger partial charge is 1.00 e. The first kappa shape index (κ1) is 24.8. The minimum atomic E-state index is -2.14. The van der Waals surface area contributed by atoms with Crippen LogP contribution in [-0.4, -0.2) is 50.3 Å². The van der Waals surface area contributed by atoms with Crippen molar-refractivity contribution in [2.75, 3.05) is 12.4 Å². The Morgan fingerprint density at radius 3 is 2.47 bits per heavy atom. The van der Waals surface area contributed by atoms with Crippen molar-refractivity contribution in [1.29, 1.82) is 0 Å². The summed E-state index contributed by atoms with van der Waals surface area (Å²) in [7, 11) is 0. The third kappa shape index (κ3) is 17.4. The first-order valence-corrected chi connectivity index (χ1v) is 4.73. The smallest absolute Gasteiger partial charge is 1.00 e. The van der Waals surface area contributed by atoms with Crippen molar-refractivity contribution in [3.8, 4) is 0 Å². The summed E-state index contributed by atoms with van der Waals surface area (Å²) in [5.74, 6) is 0.0461. The minimum Gasteiger partial charge on any atom is -1.00 e. The maximum absolute atomic E-state index is 10.4. The van der Waals surface area contributed by atoms with Crippen LogP contribution < -0.4 is 29.6 Å². The molecule has 0 aliphatic carbocycles. The molecule has 2 unspecified atom stereocenters. The van der Waals surface area contributed by atoms with Crippen molar-refractivity contribution in [3.63, 3.8) is 0 Å². The van der Waals surface area contributed by atoms with Gasteiger partial charge in [0, 0.05) is 17.8 Å². The quantitative estimate of drug-likeness (QED) is 0.266. The van der Waals surface area contributed by atoms with Crippen molar-refractivity contribution < 1.29 is 69.0 Å². The van der Waals surface area contributed by atoms with Crippen LogP contribution in [0.2, 0.25) is 0 Å². The van der Waals surface area contributed by atoms with E-state index in [1.54, 1.807) is 0 Å². The Morgan fingerprint density at radius 1 is 1.53 bits per heavy atom. The van der Waals surface area contributed by atoms with Gasteiger partial charge in [-0.15, -0.1) is 0 Å². The summed E-state index contributed by atoms with van der Waals surface area (Å²) in [5.41, 5.74) is 0. The Kier molecular flexibility index (Phi) is 28.4. The first-order valence-electron chi connectivity index (χ1n) is 2.82. The predicted molar refractivity (Wildman–Crippen MR) is 50.3 cm³/mol. The van der Waals surface area contributed by atoms with Crippen molar-refractivity contribution in [1.82, 2.24) is 0 Å². The monoisotopic (exact) mass is 276 g/mol. The van der Waals surface area contributed by atoms with Crippen LogP contribution in [-0.2, 0) is 24.0 Å². The minimum absolute atomic E-state index is 0. The zero-order valence-corrected chi connectivity index (χ0v) is 11.5. The number of rotatable bonds is 7. The first-order chi connectivity index (χ1) is 5.70. The second kappa shape index (κ2) is 17.2. The summed E-state index contributed by atoms with van der Waals surface area (Å²) in [6.45, 7) is -0.420. The summed E-state index contributed by atoms with van der Waals surface area (Å²) < 4.78 is 18.6. The zero-order chi connectivity index (χ0) is 9.40. The van der Waals surface area contributed by atoms with Gasteiger partial charge in [-0.05, 0) is 0 Å². The Bertz CT molecular complexity index is 163. The molecule has 0 spiro atoms. The summed E-state index contributed by atoms with van der Waals surface area (Å²) in [6.07, 6.45) is -0.941. The average molecular weight is 276 g/mol. The zero-order valence-electron chi connectivity index (χ0n) is 8.91. The van der Waals surface area contributed by atoms with E-state index in [9.17, 15) is 9.00 Å². The standard InChI is InChI=1S/C4H8O6S2.Na.2H2O.H/c5-1-4(7)2-11-10-12(8)9-3-6;;;;/h3-5,7H,1-2H2;;2*1H2;/q;+1;;;-1. The van der Waals surface area contributed by atoms with Gasteiger partial charge in [0.05, 0.1) is 12.7 Å². The van der Waals surface area contributed by atoms with E-state index in [1.807, 2.05) is 0 Å². The van der Waals surface area contributed by atoms with Crippen LogP contribution in [0, 0.1) is 0 Å². The maximum atomic E-state index is 10.4. The van der Waals surface area contributed by atoms with Crippen LogP contribution in [0.1, 0.15) is 1.43 Å². The van der Waals surface area contributed by atoms with E-state index in [0.717, 1.165) is 0 Å². The molecule has 0 aliphatic rings. The van der Waals surface area contributed by atoms with E-state index >= 15 is 0 Å².